The second-order valence-electron chi connectivity index (χ2n) is 6.16. The molecule has 0 aliphatic carbocycles. The van der Waals surface area contributed by atoms with Gasteiger partial charge in [-0.25, -0.2) is 0 Å². The summed E-state index contributed by atoms with van der Waals surface area (Å²) in [5, 5.41) is 2.81. The Morgan fingerprint density at radius 1 is 1.04 bits per heavy atom. The lowest BCUT2D eigenvalue weighted by molar-refractivity contribution is 0.0946. The van der Waals surface area contributed by atoms with Gasteiger partial charge in [-0.3, -0.25) is 14.6 Å². The van der Waals surface area contributed by atoms with E-state index in [0.29, 0.717) is 12.1 Å². The highest BCUT2D eigenvalue weighted by Gasteiger charge is 2.16. The topological polar surface area (TPSA) is 71.5 Å². The summed E-state index contributed by atoms with van der Waals surface area (Å²) in [5.74, 6) is 0.205. The minimum atomic E-state index is -0.340. The average Bonchev–Trinajstić information content (AvgIpc) is 2.77. The monoisotopic (exact) mass is 375 g/mol. The molecule has 6 heteroatoms. The third kappa shape index (κ3) is 4.54. The van der Waals surface area contributed by atoms with E-state index in [1.807, 2.05) is 54.6 Å². The first-order valence-electron chi connectivity index (χ1n) is 8.79. The number of aromatic nitrogens is 1. The molecule has 28 heavy (non-hydrogen) atoms. The molecule has 3 aromatic rings. The summed E-state index contributed by atoms with van der Waals surface area (Å²) in [6.45, 7) is 0.354. The van der Waals surface area contributed by atoms with Crippen molar-refractivity contribution < 1.29 is 14.3 Å². The van der Waals surface area contributed by atoms with E-state index >= 15 is 0 Å². The molecule has 0 aliphatic heterocycles. The molecule has 0 radical (unpaired) electrons. The van der Waals surface area contributed by atoms with Crippen LogP contribution >= 0.6 is 0 Å². The van der Waals surface area contributed by atoms with Crippen LogP contribution in [0.15, 0.2) is 72.9 Å². The van der Waals surface area contributed by atoms with Crippen molar-refractivity contribution in [2.75, 3.05) is 19.1 Å². The number of benzene rings is 2. The van der Waals surface area contributed by atoms with Crippen molar-refractivity contribution in [1.29, 1.82) is 0 Å². The molecule has 0 spiro atoms. The Labute approximate surface area is 163 Å². The lowest BCUT2D eigenvalue weighted by Crippen LogP contribution is -2.28. The minimum Gasteiger partial charge on any atom is -0.497 e. The summed E-state index contributed by atoms with van der Waals surface area (Å²) in [4.78, 5) is 30.8. The zero-order chi connectivity index (χ0) is 19.9. The van der Waals surface area contributed by atoms with Gasteiger partial charge in [-0.2, -0.15) is 0 Å². The van der Waals surface area contributed by atoms with Gasteiger partial charge >= 0.3 is 0 Å². The summed E-state index contributed by atoms with van der Waals surface area (Å²) in [6.07, 6.45) is 1.47. The molecule has 2 amide bonds. The SMILES string of the molecule is COc1ccc(CNC(=O)c2cc(C(=O)N(C)c3ccccc3)ccn2)cc1. The molecule has 1 heterocycles. The summed E-state index contributed by atoms with van der Waals surface area (Å²) in [5.41, 5.74) is 2.30. The highest BCUT2D eigenvalue weighted by molar-refractivity contribution is 6.06. The van der Waals surface area contributed by atoms with Gasteiger partial charge in [-0.1, -0.05) is 30.3 Å². The van der Waals surface area contributed by atoms with Crippen molar-refractivity contribution in [3.63, 3.8) is 0 Å². The van der Waals surface area contributed by atoms with E-state index in [1.165, 1.54) is 17.2 Å². The molecule has 2 aromatic carbocycles. The molecule has 0 unspecified atom stereocenters. The number of rotatable bonds is 6. The number of pyridine rings is 1. The molecule has 1 aromatic heterocycles. The van der Waals surface area contributed by atoms with Crippen molar-refractivity contribution in [3.05, 3.63) is 89.7 Å². The van der Waals surface area contributed by atoms with E-state index in [0.717, 1.165) is 17.0 Å². The fraction of sp³-hybridized carbons (Fsp3) is 0.136. The predicted molar refractivity (Wildman–Crippen MR) is 108 cm³/mol. The number of anilines is 1. The van der Waals surface area contributed by atoms with E-state index < -0.39 is 0 Å². The maximum absolute atomic E-state index is 12.7. The van der Waals surface area contributed by atoms with Crippen LogP contribution in [0.25, 0.3) is 0 Å². The Kier molecular flexibility index (Phi) is 6.01. The van der Waals surface area contributed by atoms with Crippen LogP contribution in [0.1, 0.15) is 26.4 Å². The maximum Gasteiger partial charge on any atom is 0.270 e. The molecule has 0 atom stereocenters. The lowest BCUT2D eigenvalue weighted by Gasteiger charge is -2.17. The average molecular weight is 375 g/mol. The van der Waals surface area contributed by atoms with Gasteiger partial charge < -0.3 is 15.0 Å². The van der Waals surface area contributed by atoms with E-state index in [2.05, 4.69) is 10.3 Å². The van der Waals surface area contributed by atoms with Crippen LogP contribution in [0.3, 0.4) is 0 Å². The largest absolute Gasteiger partial charge is 0.497 e. The quantitative estimate of drug-likeness (QED) is 0.718. The van der Waals surface area contributed by atoms with Gasteiger partial charge in [0.05, 0.1) is 7.11 Å². The number of nitrogens with one attached hydrogen (secondary N) is 1. The van der Waals surface area contributed by atoms with Gasteiger partial charge in [0.1, 0.15) is 11.4 Å². The zero-order valence-corrected chi connectivity index (χ0v) is 15.8. The molecule has 6 nitrogen and oxygen atoms in total. The summed E-state index contributed by atoms with van der Waals surface area (Å²) in [7, 11) is 3.30. The Balaban J connectivity index is 1.67. The first-order valence-corrected chi connectivity index (χ1v) is 8.79. The van der Waals surface area contributed by atoms with Gasteiger partial charge in [0, 0.05) is 31.0 Å². The smallest absolute Gasteiger partial charge is 0.270 e. The van der Waals surface area contributed by atoms with Crippen LogP contribution in [0, 0.1) is 0 Å². The third-order valence-corrected chi connectivity index (χ3v) is 4.30. The van der Waals surface area contributed by atoms with Gasteiger partial charge in [-0.05, 0) is 42.0 Å². The first kappa shape index (κ1) is 19.1. The number of ether oxygens (including phenoxy) is 1. The van der Waals surface area contributed by atoms with Gasteiger partial charge in [0.2, 0.25) is 0 Å². The van der Waals surface area contributed by atoms with Crippen LogP contribution in [-0.2, 0) is 6.54 Å². The Morgan fingerprint density at radius 2 is 1.75 bits per heavy atom. The first-order chi connectivity index (χ1) is 13.6. The molecule has 0 aliphatic rings. The summed E-state index contributed by atoms with van der Waals surface area (Å²) in [6, 6.07) is 19.8. The van der Waals surface area contributed by atoms with Crippen molar-refractivity contribution in [1.82, 2.24) is 10.3 Å². The van der Waals surface area contributed by atoms with Crippen LogP contribution in [-0.4, -0.2) is 31.0 Å². The van der Waals surface area contributed by atoms with Crippen LogP contribution in [0.4, 0.5) is 5.69 Å². The standard InChI is InChI=1S/C22H21N3O3/c1-25(18-6-4-3-5-7-18)22(27)17-12-13-23-20(14-17)21(26)24-15-16-8-10-19(28-2)11-9-16/h3-14H,15H2,1-2H3,(H,24,26). The van der Waals surface area contributed by atoms with Crippen molar-refractivity contribution in [2.24, 2.45) is 0 Å². The maximum atomic E-state index is 12.7. The molecule has 3 rings (SSSR count). The summed E-state index contributed by atoms with van der Waals surface area (Å²) < 4.78 is 5.12. The number of methoxy groups -OCH3 is 1. The highest BCUT2D eigenvalue weighted by Crippen LogP contribution is 2.15. The third-order valence-electron chi connectivity index (χ3n) is 4.30. The minimum absolute atomic E-state index is 0.195. The number of carbonyl (C=O) groups is 2. The van der Waals surface area contributed by atoms with Crippen LogP contribution < -0.4 is 15.0 Å². The highest BCUT2D eigenvalue weighted by atomic mass is 16.5. The molecular weight excluding hydrogens is 354 g/mol. The van der Waals surface area contributed by atoms with E-state index in [1.54, 1.807) is 20.2 Å². The lowest BCUT2D eigenvalue weighted by atomic mass is 10.1. The van der Waals surface area contributed by atoms with E-state index in [9.17, 15) is 9.59 Å². The van der Waals surface area contributed by atoms with Crippen LogP contribution in [0.2, 0.25) is 0 Å². The van der Waals surface area contributed by atoms with E-state index in [-0.39, 0.29) is 17.5 Å². The number of nitrogens with zero attached hydrogens (tertiary/aromatic N) is 2. The fourth-order valence-corrected chi connectivity index (χ4v) is 2.67. The number of carbonyl (C=O) groups excluding carboxylic acids is 2. The van der Waals surface area contributed by atoms with Crippen LogP contribution in [0.5, 0.6) is 5.75 Å². The molecule has 0 bridgehead atoms. The van der Waals surface area contributed by atoms with Gasteiger partial charge in [0.25, 0.3) is 11.8 Å². The van der Waals surface area contributed by atoms with Gasteiger partial charge in [0.15, 0.2) is 0 Å². The molecule has 0 saturated carbocycles. The van der Waals surface area contributed by atoms with Crippen molar-refractivity contribution in [3.8, 4) is 5.75 Å². The number of hydrogen-bond acceptors (Lipinski definition) is 4. The second kappa shape index (κ2) is 8.81. The molecule has 142 valence electrons. The fourth-order valence-electron chi connectivity index (χ4n) is 2.67. The Bertz CT molecular complexity index is 956. The number of amides is 2. The number of hydrogen-bond donors (Lipinski definition) is 1. The summed E-state index contributed by atoms with van der Waals surface area (Å²) >= 11 is 0. The van der Waals surface area contributed by atoms with Crippen molar-refractivity contribution in [2.45, 2.75) is 6.54 Å². The van der Waals surface area contributed by atoms with E-state index in [4.69, 9.17) is 4.74 Å². The molecule has 0 fully saturated rings. The van der Waals surface area contributed by atoms with Crippen molar-refractivity contribution >= 4 is 17.5 Å². The Morgan fingerprint density at radius 3 is 2.43 bits per heavy atom. The van der Waals surface area contributed by atoms with Gasteiger partial charge in [-0.15, -0.1) is 0 Å². The predicted octanol–water partition coefficient (Wildman–Crippen LogP) is 3.30. The molecular formula is C22H21N3O3. The molecule has 1 N–H and O–H groups in total. The normalized spacial score (nSPS) is 10.2. The zero-order valence-electron chi connectivity index (χ0n) is 15.8. The number of para-hydroxylation sites is 1. The Hall–Kier alpha value is -3.67. The molecule has 0 saturated heterocycles. The second-order valence-corrected chi connectivity index (χ2v) is 6.16.